The normalized spacial score (nSPS) is 16.7. The lowest BCUT2D eigenvalue weighted by Gasteiger charge is -2.33. The summed E-state index contributed by atoms with van der Waals surface area (Å²) in [6.45, 7) is 4.95. The molecule has 5 nitrogen and oxygen atoms in total. The van der Waals surface area contributed by atoms with E-state index in [0.717, 1.165) is 11.5 Å². The molecule has 0 spiro atoms. The van der Waals surface area contributed by atoms with Gasteiger partial charge in [-0.05, 0) is 12.8 Å². The third-order valence-electron chi connectivity index (χ3n) is 3.26. The highest BCUT2D eigenvalue weighted by Gasteiger charge is 2.37. The number of rotatable bonds is 4. The van der Waals surface area contributed by atoms with Crippen molar-refractivity contribution in [1.29, 1.82) is 0 Å². The fourth-order valence-corrected chi connectivity index (χ4v) is 2.74. The van der Waals surface area contributed by atoms with Crippen molar-refractivity contribution in [1.82, 2.24) is 10.2 Å². The smallest absolute Gasteiger partial charge is 0.329 e. The second-order valence-electron chi connectivity index (χ2n) is 4.12. The third kappa shape index (κ3) is 3.28. The summed E-state index contributed by atoms with van der Waals surface area (Å²) >= 11 is 1.81. The number of hydrogen-bond acceptors (Lipinski definition) is 3. The highest BCUT2D eigenvalue weighted by molar-refractivity contribution is 7.99. The number of carbonyl (C=O) groups excluding carboxylic acids is 1. The molecule has 0 aromatic rings. The first kappa shape index (κ1) is 14.2. The van der Waals surface area contributed by atoms with Gasteiger partial charge in [-0.1, -0.05) is 13.8 Å². The van der Waals surface area contributed by atoms with Gasteiger partial charge in [0, 0.05) is 24.6 Å². The van der Waals surface area contributed by atoms with Crippen LogP contribution in [0.1, 0.15) is 26.7 Å². The van der Waals surface area contributed by atoms with Gasteiger partial charge in [0.25, 0.3) is 0 Å². The summed E-state index contributed by atoms with van der Waals surface area (Å²) in [5.74, 6) is 0.888. The van der Waals surface area contributed by atoms with Crippen LogP contribution in [0.5, 0.6) is 0 Å². The maximum atomic E-state index is 12.0. The molecule has 0 aliphatic carbocycles. The van der Waals surface area contributed by atoms with Crippen LogP contribution in [0.3, 0.4) is 0 Å². The van der Waals surface area contributed by atoms with Crippen LogP contribution >= 0.6 is 11.8 Å². The largest absolute Gasteiger partial charge is 0.480 e. The molecule has 2 N–H and O–H groups in total. The standard InChI is InChI=1S/C11H20N2O3S/c1-3-11(4-2,9(14)15)12-10(16)13-5-7-17-8-6-13/h3-8H2,1-2H3,(H,12,16)(H,14,15). The lowest BCUT2D eigenvalue weighted by molar-refractivity contribution is -0.144. The van der Waals surface area contributed by atoms with Crippen molar-refractivity contribution >= 4 is 23.8 Å². The summed E-state index contributed by atoms with van der Waals surface area (Å²) in [4.78, 5) is 24.9. The number of urea groups is 1. The van der Waals surface area contributed by atoms with E-state index in [2.05, 4.69) is 5.32 Å². The van der Waals surface area contributed by atoms with Crippen LogP contribution < -0.4 is 5.32 Å². The minimum absolute atomic E-state index is 0.253. The third-order valence-corrected chi connectivity index (χ3v) is 4.20. The molecule has 1 heterocycles. The van der Waals surface area contributed by atoms with Crippen molar-refractivity contribution < 1.29 is 14.7 Å². The summed E-state index contributed by atoms with van der Waals surface area (Å²) in [5.41, 5.74) is -1.12. The van der Waals surface area contributed by atoms with Gasteiger partial charge in [0.05, 0.1) is 0 Å². The van der Waals surface area contributed by atoms with E-state index in [0.29, 0.717) is 25.9 Å². The molecule has 1 saturated heterocycles. The number of aliphatic carboxylic acids is 1. The fourth-order valence-electron chi connectivity index (χ4n) is 1.83. The topological polar surface area (TPSA) is 69.6 Å². The Kier molecular flexibility index (Phi) is 5.11. The fraction of sp³-hybridized carbons (Fsp3) is 0.818. The van der Waals surface area contributed by atoms with Crippen molar-refractivity contribution in [3.8, 4) is 0 Å². The minimum Gasteiger partial charge on any atom is -0.480 e. The average Bonchev–Trinajstić information content (AvgIpc) is 2.36. The molecule has 0 bridgehead atoms. The number of carboxylic acids is 1. The number of nitrogens with zero attached hydrogens (tertiary/aromatic N) is 1. The van der Waals surface area contributed by atoms with E-state index >= 15 is 0 Å². The molecule has 98 valence electrons. The molecule has 1 fully saturated rings. The molecule has 6 heteroatoms. The van der Waals surface area contributed by atoms with Crippen LogP contribution in [0.25, 0.3) is 0 Å². The summed E-state index contributed by atoms with van der Waals surface area (Å²) in [6, 6.07) is -0.253. The zero-order valence-electron chi connectivity index (χ0n) is 10.4. The zero-order valence-corrected chi connectivity index (χ0v) is 11.2. The van der Waals surface area contributed by atoms with E-state index in [4.69, 9.17) is 0 Å². The molecule has 1 aliphatic rings. The molecule has 0 aromatic carbocycles. The molecule has 0 aromatic heterocycles. The van der Waals surface area contributed by atoms with E-state index < -0.39 is 11.5 Å². The number of carboxylic acid groups (broad SMARTS) is 1. The van der Waals surface area contributed by atoms with Gasteiger partial charge in [-0.3, -0.25) is 0 Å². The molecule has 1 rings (SSSR count). The maximum Gasteiger partial charge on any atom is 0.329 e. The molecule has 17 heavy (non-hydrogen) atoms. The summed E-state index contributed by atoms with van der Waals surface area (Å²) < 4.78 is 0. The van der Waals surface area contributed by atoms with Gasteiger partial charge < -0.3 is 15.3 Å². The van der Waals surface area contributed by atoms with Gasteiger partial charge >= 0.3 is 12.0 Å². The van der Waals surface area contributed by atoms with Gasteiger partial charge in [-0.2, -0.15) is 11.8 Å². The van der Waals surface area contributed by atoms with Crippen molar-refractivity contribution in [3.05, 3.63) is 0 Å². The first-order chi connectivity index (χ1) is 8.05. The van der Waals surface area contributed by atoms with Crippen LogP contribution in [0.2, 0.25) is 0 Å². The van der Waals surface area contributed by atoms with E-state index in [-0.39, 0.29) is 6.03 Å². The number of hydrogen-bond donors (Lipinski definition) is 2. The lowest BCUT2D eigenvalue weighted by atomic mass is 9.93. The Morgan fingerprint density at radius 2 is 1.82 bits per heavy atom. The second-order valence-corrected chi connectivity index (χ2v) is 5.35. The highest BCUT2D eigenvalue weighted by atomic mass is 32.2. The van der Waals surface area contributed by atoms with Crippen LogP contribution in [0.4, 0.5) is 4.79 Å². The Morgan fingerprint density at radius 1 is 1.29 bits per heavy atom. The Labute approximate surface area is 106 Å². The first-order valence-electron chi connectivity index (χ1n) is 5.94. The molecule has 0 radical (unpaired) electrons. The monoisotopic (exact) mass is 260 g/mol. The Morgan fingerprint density at radius 3 is 2.24 bits per heavy atom. The van der Waals surface area contributed by atoms with E-state index in [9.17, 15) is 14.7 Å². The SMILES string of the molecule is CCC(CC)(NC(=O)N1CCSCC1)C(=O)O. The average molecular weight is 260 g/mol. The predicted molar refractivity (Wildman–Crippen MR) is 68.4 cm³/mol. The van der Waals surface area contributed by atoms with E-state index in [1.165, 1.54) is 0 Å². The second kappa shape index (κ2) is 6.14. The molecular weight excluding hydrogens is 240 g/mol. The Bertz CT molecular complexity index is 286. The van der Waals surface area contributed by atoms with Crippen LogP contribution in [0.15, 0.2) is 0 Å². The van der Waals surface area contributed by atoms with Crippen molar-refractivity contribution in [2.45, 2.75) is 32.2 Å². The highest BCUT2D eigenvalue weighted by Crippen LogP contribution is 2.17. The molecule has 2 amide bonds. The molecule has 0 saturated carbocycles. The van der Waals surface area contributed by atoms with Gasteiger partial charge in [0.1, 0.15) is 5.54 Å². The van der Waals surface area contributed by atoms with Crippen molar-refractivity contribution in [2.75, 3.05) is 24.6 Å². The first-order valence-corrected chi connectivity index (χ1v) is 7.09. The zero-order chi connectivity index (χ0) is 12.9. The van der Waals surface area contributed by atoms with Gasteiger partial charge in [-0.25, -0.2) is 9.59 Å². The predicted octanol–water partition coefficient (Wildman–Crippen LogP) is 1.39. The van der Waals surface area contributed by atoms with Crippen LogP contribution in [-0.4, -0.2) is 52.1 Å². The van der Waals surface area contributed by atoms with Crippen LogP contribution in [-0.2, 0) is 4.79 Å². The summed E-state index contributed by atoms with van der Waals surface area (Å²) in [6.07, 6.45) is 0.792. The molecule has 1 aliphatic heterocycles. The number of carbonyl (C=O) groups is 2. The van der Waals surface area contributed by atoms with Crippen LogP contribution in [0, 0.1) is 0 Å². The number of thioether (sulfide) groups is 1. The minimum atomic E-state index is -1.12. The van der Waals surface area contributed by atoms with Crippen molar-refractivity contribution in [2.24, 2.45) is 0 Å². The quantitative estimate of drug-likeness (QED) is 0.801. The Hall–Kier alpha value is -0.910. The lowest BCUT2D eigenvalue weighted by Crippen LogP contribution is -2.58. The summed E-state index contributed by atoms with van der Waals surface area (Å²) in [7, 11) is 0. The Balaban J connectivity index is 2.66. The molecular formula is C11H20N2O3S. The van der Waals surface area contributed by atoms with Gasteiger partial charge in [0.2, 0.25) is 0 Å². The molecule has 0 unspecified atom stereocenters. The van der Waals surface area contributed by atoms with Gasteiger partial charge in [0.15, 0.2) is 0 Å². The van der Waals surface area contributed by atoms with E-state index in [1.54, 1.807) is 18.7 Å². The number of amides is 2. The maximum absolute atomic E-state index is 12.0. The summed E-state index contributed by atoms with van der Waals surface area (Å²) in [5, 5.41) is 11.9. The van der Waals surface area contributed by atoms with Crippen molar-refractivity contribution in [3.63, 3.8) is 0 Å². The number of nitrogens with one attached hydrogen (secondary N) is 1. The molecule has 0 atom stereocenters. The van der Waals surface area contributed by atoms with E-state index in [1.807, 2.05) is 11.8 Å². The van der Waals surface area contributed by atoms with Gasteiger partial charge in [-0.15, -0.1) is 0 Å².